The Hall–Kier alpha value is -2.52. The van der Waals surface area contributed by atoms with Gasteiger partial charge in [0.2, 0.25) is 0 Å². The zero-order valence-corrected chi connectivity index (χ0v) is 13.4. The summed E-state index contributed by atoms with van der Waals surface area (Å²) in [7, 11) is 1.71. The van der Waals surface area contributed by atoms with Gasteiger partial charge in [-0.2, -0.15) is 0 Å². The predicted molar refractivity (Wildman–Crippen MR) is 95.4 cm³/mol. The van der Waals surface area contributed by atoms with Gasteiger partial charge >= 0.3 is 0 Å². The molecule has 5 rings (SSSR count). The second kappa shape index (κ2) is 4.74. The molecule has 23 heavy (non-hydrogen) atoms. The number of hydrogen-bond acceptors (Lipinski definition) is 3. The van der Waals surface area contributed by atoms with Crippen molar-refractivity contribution in [2.45, 2.75) is 9.79 Å². The van der Waals surface area contributed by atoms with Crippen LogP contribution < -0.4 is 4.74 Å². The first-order valence-electron chi connectivity index (χ1n) is 7.53. The molecule has 1 aliphatic heterocycles. The molecule has 0 fully saturated rings. The van der Waals surface area contributed by atoms with Gasteiger partial charge in [-0.1, -0.05) is 42.1 Å². The second-order valence-corrected chi connectivity index (χ2v) is 6.67. The van der Waals surface area contributed by atoms with E-state index in [0.29, 0.717) is 0 Å². The van der Waals surface area contributed by atoms with Crippen molar-refractivity contribution in [3.63, 3.8) is 0 Å². The number of methoxy groups -OCH3 is 1. The molecule has 0 atom stereocenters. The molecule has 2 nitrogen and oxygen atoms in total. The Morgan fingerprint density at radius 2 is 1.74 bits per heavy atom. The number of ether oxygens (including phenoxy) is 1. The van der Waals surface area contributed by atoms with Crippen molar-refractivity contribution >= 4 is 33.6 Å². The van der Waals surface area contributed by atoms with Crippen LogP contribution in [0.4, 0.5) is 0 Å². The lowest BCUT2D eigenvalue weighted by Crippen LogP contribution is -1.96. The average molecular weight is 315 g/mol. The Morgan fingerprint density at radius 3 is 2.65 bits per heavy atom. The summed E-state index contributed by atoms with van der Waals surface area (Å²) in [4.78, 5) is 7.42. The Bertz CT molecular complexity index is 1090. The molecular formula is C20H13NOS. The molecule has 0 unspecified atom stereocenters. The van der Waals surface area contributed by atoms with Crippen LogP contribution in [-0.4, -0.2) is 12.1 Å². The smallest absolute Gasteiger partial charge is 0.119 e. The average Bonchev–Trinajstić information content (AvgIpc) is 2.61. The molecule has 0 saturated heterocycles. The monoisotopic (exact) mass is 315 g/mol. The molecular weight excluding hydrogens is 302 g/mol. The van der Waals surface area contributed by atoms with Crippen molar-refractivity contribution in [3.05, 3.63) is 60.7 Å². The van der Waals surface area contributed by atoms with Crippen LogP contribution in [0.3, 0.4) is 0 Å². The Labute approximate surface area is 138 Å². The van der Waals surface area contributed by atoms with Gasteiger partial charge < -0.3 is 4.74 Å². The second-order valence-electron chi connectivity index (χ2n) is 5.62. The largest absolute Gasteiger partial charge is 0.497 e. The molecule has 0 amide bonds. The number of benzene rings is 3. The number of rotatable bonds is 1. The lowest BCUT2D eigenvalue weighted by Gasteiger charge is -2.21. The summed E-state index contributed by atoms with van der Waals surface area (Å²) >= 11 is 1.83. The predicted octanol–water partition coefficient (Wildman–Crippen LogP) is 5.53. The molecule has 4 aromatic rings. The van der Waals surface area contributed by atoms with E-state index in [1.807, 2.05) is 23.9 Å². The lowest BCUT2D eigenvalue weighted by atomic mass is 9.98. The highest BCUT2D eigenvalue weighted by Gasteiger charge is 2.22. The molecule has 0 N–H and O–H groups in total. The molecule has 0 saturated carbocycles. The lowest BCUT2D eigenvalue weighted by molar-refractivity contribution is 0.414. The first kappa shape index (κ1) is 13.0. The number of fused-ring (bicyclic) bond motifs is 4. The minimum absolute atomic E-state index is 0.888. The fraction of sp³-hybridized carbons (Fsp3) is 0.0500. The van der Waals surface area contributed by atoms with E-state index in [1.54, 1.807) is 7.11 Å². The Balaban J connectivity index is 1.96. The third-order valence-electron chi connectivity index (χ3n) is 4.35. The maximum atomic E-state index is 5.41. The van der Waals surface area contributed by atoms with Crippen molar-refractivity contribution in [3.8, 4) is 16.9 Å². The molecule has 0 aliphatic carbocycles. The van der Waals surface area contributed by atoms with Crippen LogP contribution in [-0.2, 0) is 0 Å². The van der Waals surface area contributed by atoms with E-state index >= 15 is 0 Å². The van der Waals surface area contributed by atoms with E-state index in [9.17, 15) is 0 Å². The van der Waals surface area contributed by atoms with Crippen LogP contribution in [0.1, 0.15) is 0 Å². The highest BCUT2D eigenvalue weighted by Crippen LogP contribution is 2.50. The van der Waals surface area contributed by atoms with E-state index in [-0.39, 0.29) is 0 Å². The molecule has 2 heterocycles. The number of nitrogens with zero attached hydrogens (tertiary/aromatic N) is 1. The highest BCUT2D eigenvalue weighted by atomic mass is 32.2. The van der Waals surface area contributed by atoms with Gasteiger partial charge in [0, 0.05) is 20.6 Å². The fourth-order valence-electron chi connectivity index (χ4n) is 3.28. The fourth-order valence-corrected chi connectivity index (χ4v) is 4.51. The molecule has 0 bridgehead atoms. The number of pyridine rings is 1. The van der Waals surface area contributed by atoms with Crippen LogP contribution in [0, 0.1) is 0 Å². The van der Waals surface area contributed by atoms with Crippen molar-refractivity contribution in [2.75, 3.05) is 7.11 Å². The summed E-state index contributed by atoms with van der Waals surface area (Å²) in [6.45, 7) is 0. The van der Waals surface area contributed by atoms with Gasteiger partial charge in [-0.05, 0) is 41.5 Å². The van der Waals surface area contributed by atoms with Gasteiger partial charge in [0.1, 0.15) is 5.75 Å². The van der Waals surface area contributed by atoms with Gasteiger partial charge in [0.05, 0.1) is 18.1 Å². The maximum absolute atomic E-state index is 5.41. The molecule has 1 aromatic heterocycles. The van der Waals surface area contributed by atoms with E-state index in [1.165, 1.54) is 31.7 Å². The normalized spacial score (nSPS) is 12.4. The minimum atomic E-state index is 0.888. The van der Waals surface area contributed by atoms with Crippen LogP contribution in [0.25, 0.3) is 32.9 Å². The van der Waals surface area contributed by atoms with E-state index in [0.717, 1.165) is 16.8 Å². The van der Waals surface area contributed by atoms with Crippen LogP contribution in [0.2, 0.25) is 0 Å². The molecule has 3 heteroatoms. The summed E-state index contributed by atoms with van der Waals surface area (Å²) < 4.78 is 5.41. The van der Waals surface area contributed by atoms with Crippen molar-refractivity contribution in [1.82, 2.24) is 4.98 Å². The van der Waals surface area contributed by atoms with E-state index < -0.39 is 0 Å². The third-order valence-corrected chi connectivity index (χ3v) is 5.55. The summed E-state index contributed by atoms with van der Waals surface area (Å²) in [5.41, 5.74) is 4.57. The maximum Gasteiger partial charge on any atom is 0.119 e. The number of aromatic nitrogens is 1. The van der Waals surface area contributed by atoms with Gasteiger partial charge in [-0.25, -0.2) is 4.98 Å². The number of hydrogen-bond donors (Lipinski definition) is 0. The van der Waals surface area contributed by atoms with Gasteiger partial charge in [0.15, 0.2) is 0 Å². The van der Waals surface area contributed by atoms with Crippen LogP contribution in [0.5, 0.6) is 5.75 Å². The molecule has 0 radical (unpaired) electrons. The van der Waals surface area contributed by atoms with Crippen molar-refractivity contribution in [1.29, 1.82) is 0 Å². The molecule has 0 spiro atoms. The summed E-state index contributed by atoms with van der Waals surface area (Å²) in [6.07, 6.45) is 0. The first-order chi connectivity index (χ1) is 11.3. The first-order valence-corrected chi connectivity index (χ1v) is 8.34. The van der Waals surface area contributed by atoms with Crippen LogP contribution >= 0.6 is 11.8 Å². The number of para-hydroxylation sites is 1. The Morgan fingerprint density at radius 1 is 0.870 bits per heavy atom. The summed E-state index contributed by atoms with van der Waals surface area (Å²) in [6, 6.07) is 21.0. The van der Waals surface area contributed by atoms with Gasteiger partial charge in [-0.15, -0.1) is 0 Å². The SMILES string of the molecule is COc1ccc2c(c1)-c1cccc3nc4ccccc4c(c13)S2. The minimum Gasteiger partial charge on any atom is -0.497 e. The Kier molecular flexibility index (Phi) is 2.67. The van der Waals surface area contributed by atoms with Crippen molar-refractivity contribution < 1.29 is 4.74 Å². The zero-order chi connectivity index (χ0) is 15.4. The summed E-state index contributed by atoms with van der Waals surface area (Å²) in [5.74, 6) is 0.888. The van der Waals surface area contributed by atoms with Gasteiger partial charge in [0.25, 0.3) is 0 Å². The van der Waals surface area contributed by atoms with Gasteiger partial charge in [-0.3, -0.25) is 0 Å². The van der Waals surface area contributed by atoms with E-state index in [4.69, 9.17) is 9.72 Å². The quantitative estimate of drug-likeness (QED) is 0.380. The zero-order valence-electron chi connectivity index (χ0n) is 12.5. The molecule has 3 aromatic carbocycles. The standard InChI is InChI=1S/C20H13NOS/c1-22-12-9-10-18-15(11-12)13-6-4-8-17-19(13)20(23-18)14-5-2-3-7-16(14)21-17/h2-11H,1H3. The third kappa shape index (κ3) is 1.80. The summed E-state index contributed by atoms with van der Waals surface area (Å²) in [5, 5.41) is 2.47. The topological polar surface area (TPSA) is 22.1 Å². The highest BCUT2D eigenvalue weighted by molar-refractivity contribution is 8.00. The van der Waals surface area contributed by atoms with Crippen LogP contribution in [0.15, 0.2) is 70.5 Å². The molecule has 1 aliphatic rings. The molecule has 110 valence electrons. The van der Waals surface area contributed by atoms with E-state index in [2.05, 4.69) is 48.5 Å². The van der Waals surface area contributed by atoms with Crippen molar-refractivity contribution in [2.24, 2.45) is 0 Å².